The quantitative estimate of drug-likeness (QED) is 0.681. The van der Waals surface area contributed by atoms with Crippen LogP contribution in [0.25, 0.3) is 0 Å². The number of pyridine rings is 1. The number of halogens is 1. The van der Waals surface area contributed by atoms with E-state index in [0.717, 1.165) is 49.6 Å². The number of amides is 1. The van der Waals surface area contributed by atoms with Crippen LogP contribution >= 0.6 is 0 Å². The number of rotatable bonds is 4. The molecule has 1 saturated heterocycles. The number of aromatic nitrogens is 3. The average Bonchev–Trinajstić information content (AvgIpc) is 3.28. The standard InChI is InChI=1S/C24H26FN5O2/c1-17-20(3-2-10-26-17)28-22(31)21-16-30-14-11-27-23(30)24(32-21)8-12-29(13-9-24)15-18-4-6-19(25)7-5-18/h2-7,10-11,14,21H,8-9,12-13,15-16H2,1H3,(H,28,31)/t21-/m1/s1. The highest BCUT2D eigenvalue weighted by Crippen LogP contribution is 2.40. The van der Waals surface area contributed by atoms with Crippen LogP contribution in [0.3, 0.4) is 0 Å². The van der Waals surface area contributed by atoms with Crippen molar-refractivity contribution in [3.63, 3.8) is 0 Å². The van der Waals surface area contributed by atoms with Crippen molar-refractivity contribution in [2.24, 2.45) is 0 Å². The fourth-order valence-electron chi connectivity index (χ4n) is 4.62. The lowest BCUT2D eigenvalue weighted by Crippen LogP contribution is -2.53. The van der Waals surface area contributed by atoms with Gasteiger partial charge in [0.2, 0.25) is 0 Å². The largest absolute Gasteiger partial charge is 0.352 e. The number of carbonyl (C=O) groups excluding carboxylic acids is 1. The Morgan fingerprint density at radius 2 is 1.97 bits per heavy atom. The number of likely N-dealkylation sites (tertiary alicyclic amines) is 1. The fraction of sp³-hybridized carbons (Fsp3) is 0.375. The van der Waals surface area contributed by atoms with Gasteiger partial charge in [-0.1, -0.05) is 12.1 Å². The maximum atomic E-state index is 13.2. The normalized spacial score (nSPS) is 20.1. The molecule has 32 heavy (non-hydrogen) atoms. The van der Waals surface area contributed by atoms with E-state index in [1.54, 1.807) is 18.5 Å². The number of fused-ring (bicyclic) bond motifs is 2. The highest BCUT2D eigenvalue weighted by molar-refractivity contribution is 5.94. The summed E-state index contributed by atoms with van der Waals surface area (Å²) in [5.74, 6) is 0.494. The van der Waals surface area contributed by atoms with Crippen molar-refractivity contribution in [1.82, 2.24) is 19.4 Å². The molecule has 1 spiro atoms. The first kappa shape index (κ1) is 20.8. The smallest absolute Gasteiger partial charge is 0.255 e. The van der Waals surface area contributed by atoms with Crippen LogP contribution in [0.1, 0.15) is 29.9 Å². The topological polar surface area (TPSA) is 72.3 Å². The summed E-state index contributed by atoms with van der Waals surface area (Å²) in [5.41, 5.74) is 1.95. The maximum Gasteiger partial charge on any atom is 0.255 e. The lowest BCUT2D eigenvalue weighted by molar-refractivity contribution is -0.170. The highest BCUT2D eigenvalue weighted by atomic mass is 19.1. The Kier molecular flexibility index (Phi) is 5.48. The van der Waals surface area contributed by atoms with Gasteiger partial charge in [-0.15, -0.1) is 0 Å². The van der Waals surface area contributed by atoms with Crippen molar-refractivity contribution >= 4 is 11.6 Å². The van der Waals surface area contributed by atoms with Crippen molar-refractivity contribution in [1.29, 1.82) is 0 Å². The highest BCUT2D eigenvalue weighted by Gasteiger charge is 2.47. The summed E-state index contributed by atoms with van der Waals surface area (Å²) in [7, 11) is 0. The molecule has 1 aromatic carbocycles. The number of anilines is 1. The van der Waals surface area contributed by atoms with Crippen LogP contribution in [-0.2, 0) is 28.2 Å². The number of aryl methyl sites for hydroxylation is 1. The summed E-state index contributed by atoms with van der Waals surface area (Å²) in [5, 5.41) is 2.97. The van der Waals surface area contributed by atoms with Crippen LogP contribution in [0.2, 0.25) is 0 Å². The summed E-state index contributed by atoms with van der Waals surface area (Å²) in [6.45, 7) is 4.67. The molecule has 0 unspecified atom stereocenters. The zero-order chi connectivity index (χ0) is 22.1. The molecule has 0 radical (unpaired) electrons. The van der Waals surface area contributed by atoms with Gasteiger partial charge < -0.3 is 14.6 Å². The lowest BCUT2D eigenvalue weighted by atomic mass is 9.88. The van der Waals surface area contributed by atoms with E-state index in [9.17, 15) is 9.18 Å². The third-order valence-corrected chi connectivity index (χ3v) is 6.39. The van der Waals surface area contributed by atoms with Gasteiger partial charge >= 0.3 is 0 Å². The number of nitrogens with zero attached hydrogens (tertiary/aromatic N) is 4. The number of hydrogen-bond acceptors (Lipinski definition) is 5. The van der Waals surface area contributed by atoms with Gasteiger partial charge in [0, 0.05) is 38.2 Å². The molecule has 5 rings (SSSR count). The molecule has 1 N–H and O–H groups in total. The van der Waals surface area contributed by atoms with E-state index in [2.05, 4.69) is 20.2 Å². The average molecular weight is 436 g/mol. The molecule has 2 aliphatic rings. The Labute approximate surface area is 186 Å². The number of nitrogens with one attached hydrogen (secondary N) is 1. The van der Waals surface area contributed by atoms with Gasteiger partial charge in [-0.2, -0.15) is 0 Å². The second-order valence-electron chi connectivity index (χ2n) is 8.53. The molecule has 0 aliphatic carbocycles. The van der Waals surface area contributed by atoms with Crippen LogP contribution < -0.4 is 5.32 Å². The number of ether oxygens (including phenoxy) is 1. The second kappa shape index (κ2) is 8.44. The molecule has 1 amide bonds. The minimum Gasteiger partial charge on any atom is -0.352 e. The Morgan fingerprint density at radius 1 is 1.19 bits per heavy atom. The van der Waals surface area contributed by atoms with E-state index < -0.39 is 11.7 Å². The summed E-state index contributed by atoms with van der Waals surface area (Å²) < 4.78 is 21.7. The molecular formula is C24H26FN5O2. The first-order valence-corrected chi connectivity index (χ1v) is 10.9. The summed E-state index contributed by atoms with van der Waals surface area (Å²) in [6.07, 6.45) is 6.26. The number of piperidine rings is 1. The molecule has 2 aromatic heterocycles. The van der Waals surface area contributed by atoms with Crippen LogP contribution in [0.4, 0.5) is 10.1 Å². The number of hydrogen-bond donors (Lipinski definition) is 1. The van der Waals surface area contributed by atoms with Crippen molar-refractivity contribution in [3.8, 4) is 0 Å². The molecule has 4 heterocycles. The van der Waals surface area contributed by atoms with Crippen LogP contribution in [0, 0.1) is 12.7 Å². The van der Waals surface area contributed by atoms with Crippen molar-refractivity contribution in [2.75, 3.05) is 18.4 Å². The molecule has 3 aromatic rings. The monoisotopic (exact) mass is 435 g/mol. The van der Waals surface area contributed by atoms with Crippen LogP contribution in [0.5, 0.6) is 0 Å². The molecule has 0 bridgehead atoms. The van der Waals surface area contributed by atoms with E-state index in [-0.39, 0.29) is 11.7 Å². The van der Waals surface area contributed by atoms with E-state index in [0.29, 0.717) is 12.2 Å². The third-order valence-electron chi connectivity index (χ3n) is 6.39. The van der Waals surface area contributed by atoms with Gasteiger partial charge in [0.05, 0.1) is 17.9 Å². The van der Waals surface area contributed by atoms with Gasteiger partial charge in [-0.25, -0.2) is 9.37 Å². The van der Waals surface area contributed by atoms with Gasteiger partial charge in [0.1, 0.15) is 17.2 Å². The first-order valence-electron chi connectivity index (χ1n) is 10.9. The Hall–Kier alpha value is -3.10. The molecule has 166 valence electrons. The Balaban J connectivity index is 1.30. The molecule has 2 aliphatic heterocycles. The zero-order valence-corrected chi connectivity index (χ0v) is 18.0. The van der Waals surface area contributed by atoms with Crippen molar-refractivity contribution < 1.29 is 13.9 Å². The van der Waals surface area contributed by atoms with Gasteiger partial charge in [0.15, 0.2) is 6.10 Å². The lowest BCUT2D eigenvalue weighted by Gasteiger charge is -2.45. The van der Waals surface area contributed by atoms with Crippen LogP contribution in [-0.4, -0.2) is 44.5 Å². The van der Waals surface area contributed by atoms with Crippen LogP contribution in [0.15, 0.2) is 55.0 Å². The maximum absolute atomic E-state index is 13.2. The van der Waals surface area contributed by atoms with Gasteiger partial charge in [0.25, 0.3) is 5.91 Å². The summed E-state index contributed by atoms with van der Waals surface area (Å²) >= 11 is 0. The predicted octanol–water partition coefficient (Wildman–Crippen LogP) is 3.25. The summed E-state index contributed by atoms with van der Waals surface area (Å²) in [6, 6.07) is 10.3. The predicted molar refractivity (Wildman–Crippen MR) is 117 cm³/mol. The third kappa shape index (κ3) is 4.03. The molecule has 0 saturated carbocycles. The second-order valence-corrected chi connectivity index (χ2v) is 8.53. The van der Waals surface area contributed by atoms with E-state index >= 15 is 0 Å². The summed E-state index contributed by atoms with van der Waals surface area (Å²) in [4.78, 5) is 24.2. The minimum absolute atomic E-state index is 0.173. The van der Waals surface area contributed by atoms with Crippen molar-refractivity contribution in [2.45, 2.75) is 44.6 Å². The molecule has 1 atom stereocenters. The molecule has 8 heteroatoms. The molecule has 7 nitrogen and oxygen atoms in total. The van der Waals surface area contributed by atoms with Gasteiger partial charge in [-0.3, -0.25) is 14.7 Å². The van der Waals surface area contributed by atoms with Gasteiger partial charge in [-0.05, 0) is 49.6 Å². The van der Waals surface area contributed by atoms with E-state index in [1.165, 1.54) is 12.1 Å². The van der Waals surface area contributed by atoms with E-state index in [4.69, 9.17) is 4.74 Å². The SMILES string of the molecule is Cc1ncccc1NC(=O)[C@H]1Cn2ccnc2C2(CCN(Cc3ccc(F)cc3)CC2)O1. The Morgan fingerprint density at radius 3 is 2.72 bits per heavy atom. The number of benzene rings is 1. The van der Waals surface area contributed by atoms with E-state index in [1.807, 2.05) is 35.9 Å². The minimum atomic E-state index is -0.611. The zero-order valence-electron chi connectivity index (χ0n) is 18.0. The first-order chi connectivity index (χ1) is 15.5. The fourth-order valence-corrected chi connectivity index (χ4v) is 4.62. The number of imidazole rings is 1. The number of carbonyl (C=O) groups is 1. The molecule has 1 fully saturated rings. The Bertz CT molecular complexity index is 1110. The van der Waals surface area contributed by atoms with Crippen molar-refractivity contribution in [3.05, 3.63) is 77.9 Å². The molecular weight excluding hydrogens is 409 g/mol.